The van der Waals surface area contributed by atoms with Crippen molar-refractivity contribution in [2.24, 2.45) is 11.7 Å². The molecule has 0 saturated heterocycles. The summed E-state index contributed by atoms with van der Waals surface area (Å²) in [5, 5.41) is 12.2. The molecule has 0 amide bonds. The van der Waals surface area contributed by atoms with Crippen LogP contribution in [0.2, 0.25) is 0 Å². The highest BCUT2D eigenvalue weighted by Crippen LogP contribution is 2.27. The summed E-state index contributed by atoms with van der Waals surface area (Å²) in [4.78, 5) is 4.07. The highest BCUT2D eigenvalue weighted by molar-refractivity contribution is 5.43. The molecule has 0 aromatic carbocycles. The molecule has 2 rings (SSSR count). The van der Waals surface area contributed by atoms with Gasteiger partial charge in [0.15, 0.2) is 0 Å². The Labute approximate surface area is 108 Å². The second-order valence-corrected chi connectivity index (χ2v) is 4.93. The van der Waals surface area contributed by atoms with Crippen molar-refractivity contribution in [2.45, 2.75) is 38.1 Å². The van der Waals surface area contributed by atoms with Crippen LogP contribution < -0.4 is 11.1 Å². The van der Waals surface area contributed by atoms with Crippen molar-refractivity contribution in [3.63, 3.8) is 0 Å². The molecule has 1 fully saturated rings. The van der Waals surface area contributed by atoms with Gasteiger partial charge in [0.25, 0.3) is 0 Å². The van der Waals surface area contributed by atoms with E-state index in [0.717, 1.165) is 5.69 Å². The quantitative estimate of drug-likeness (QED) is 0.852. The molecule has 1 aromatic rings. The van der Waals surface area contributed by atoms with Crippen LogP contribution in [0.4, 0.5) is 5.69 Å². The predicted molar refractivity (Wildman–Crippen MR) is 72.0 cm³/mol. The largest absolute Gasteiger partial charge is 0.380 e. The van der Waals surface area contributed by atoms with Gasteiger partial charge in [0.1, 0.15) is 11.8 Å². The van der Waals surface area contributed by atoms with E-state index in [0.29, 0.717) is 24.2 Å². The Bertz CT molecular complexity index is 401. The lowest BCUT2D eigenvalue weighted by Crippen LogP contribution is -2.37. The first-order valence-corrected chi connectivity index (χ1v) is 6.66. The molecule has 1 atom stereocenters. The van der Waals surface area contributed by atoms with Gasteiger partial charge in [-0.2, -0.15) is 5.26 Å². The van der Waals surface area contributed by atoms with Gasteiger partial charge in [0.05, 0.1) is 11.9 Å². The molecule has 18 heavy (non-hydrogen) atoms. The van der Waals surface area contributed by atoms with Gasteiger partial charge in [-0.05, 0) is 30.9 Å². The third-order valence-electron chi connectivity index (χ3n) is 3.70. The Morgan fingerprint density at radius 3 is 2.72 bits per heavy atom. The third kappa shape index (κ3) is 3.21. The molecule has 3 N–H and O–H groups in total. The zero-order chi connectivity index (χ0) is 12.8. The zero-order valence-corrected chi connectivity index (χ0v) is 10.6. The first-order valence-electron chi connectivity index (χ1n) is 6.66. The number of nitrogens with two attached hydrogens (primary N) is 1. The lowest BCUT2D eigenvalue weighted by molar-refractivity contribution is 0.320. The Morgan fingerprint density at radius 2 is 2.17 bits per heavy atom. The fourth-order valence-electron chi connectivity index (χ4n) is 2.67. The molecule has 1 unspecified atom stereocenters. The maximum Gasteiger partial charge on any atom is 0.140 e. The van der Waals surface area contributed by atoms with Gasteiger partial charge in [0.2, 0.25) is 0 Å². The summed E-state index contributed by atoms with van der Waals surface area (Å²) in [6.07, 6.45) is 8.22. The van der Waals surface area contributed by atoms with E-state index >= 15 is 0 Å². The number of hydrogen-bond donors (Lipinski definition) is 2. The fraction of sp³-hybridized carbons (Fsp3) is 0.571. The second-order valence-electron chi connectivity index (χ2n) is 4.93. The molecular formula is C14H20N4. The van der Waals surface area contributed by atoms with Crippen LogP contribution in [-0.2, 0) is 0 Å². The third-order valence-corrected chi connectivity index (χ3v) is 3.70. The van der Waals surface area contributed by atoms with Crippen molar-refractivity contribution >= 4 is 5.69 Å². The van der Waals surface area contributed by atoms with E-state index < -0.39 is 0 Å². The molecular weight excluding hydrogens is 224 g/mol. The maximum absolute atomic E-state index is 8.71. The van der Waals surface area contributed by atoms with Crippen LogP contribution in [0.15, 0.2) is 18.3 Å². The van der Waals surface area contributed by atoms with Crippen molar-refractivity contribution in [1.82, 2.24) is 4.98 Å². The van der Waals surface area contributed by atoms with E-state index in [-0.39, 0.29) is 0 Å². The fourth-order valence-corrected chi connectivity index (χ4v) is 2.67. The summed E-state index contributed by atoms with van der Waals surface area (Å²) in [5.74, 6) is 0.666. The minimum Gasteiger partial charge on any atom is -0.380 e. The smallest absolute Gasteiger partial charge is 0.140 e. The second kappa shape index (κ2) is 6.36. The van der Waals surface area contributed by atoms with Gasteiger partial charge in [-0.3, -0.25) is 0 Å². The Morgan fingerprint density at radius 1 is 1.39 bits per heavy atom. The number of aromatic nitrogens is 1. The SMILES string of the molecule is N#Cc1ccc(NC(CN)C2CCCCC2)cn1. The van der Waals surface area contributed by atoms with Crippen LogP contribution in [0.25, 0.3) is 0 Å². The number of nitriles is 1. The number of pyridine rings is 1. The van der Waals surface area contributed by atoms with Crippen molar-refractivity contribution in [3.05, 3.63) is 24.0 Å². The van der Waals surface area contributed by atoms with E-state index in [1.807, 2.05) is 12.1 Å². The average Bonchev–Trinajstić information content (AvgIpc) is 2.46. The van der Waals surface area contributed by atoms with Crippen LogP contribution in [0.1, 0.15) is 37.8 Å². The number of rotatable bonds is 4. The van der Waals surface area contributed by atoms with Gasteiger partial charge in [-0.1, -0.05) is 19.3 Å². The Kier molecular flexibility index (Phi) is 4.54. The van der Waals surface area contributed by atoms with E-state index in [1.54, 1.807) is 12.3 Å². The van der Waals surface area contributed by atoms with Gasteiger partial charge in [-0.25, -0.2) is 4.98 Å². The topological polar surface area (TPSA) is 74.7 Å². The van der Waals surface area contributed by atoms with Crippen LogP contribution in [0, 0.1) is 17.2 Å². The predicted octanol–water partition coefficient (Wildman–Crippen LogP) is 2.27. The number of anilines is 1. The highest BCUT2D eigenvalue weighted by atomic mass is 15.0. The van der Waals surface area contributed by atoms with Crippen LogP contribution in [-0.4, -0.2) is 17.6 Å². The molecule has 1 aliphatic carbocycles. The van der Waals surface area contributed by atoms with Crippen LogP contribution >= 0.6 is 0 Å². The van der Waals surface area contributed by atoms with Gasteiger partial charge >= 0.3 is 0 Å². The van der Waals surface area contributed by atoms with Gasteiger partial charge in [0, 0.05) is 12.6 Å². The van der Waals surface area contributed by atoms with E-state index in [1.165, 1.54) is 32.1 Å². The standard InChI is InChI=1S/C14H20N4/c15-8-12-6-7-13(10-17-12)18-14(9-16)11-4-2-1-3-5-11/h6-7,10-11,14,18H,1-5,9,16H2. The van der Waals surface area contributed by atoms with E-state index in [2.05, 4.69) is 10.3 Å². The van der Waals surface area contributed by atoms with Crippen molar-refractivity contribution < 1.29 is 0 Å². The maximum atomic E-state index is 8.71. The van der Waals surface area contributed by atoms with Crippen molar-refractivity contribution in [3.8, 4) is 6.07 Å². The average molecular weight is 244 g/mol. The first-order chi connectivity index (χ1) is 8.83. The monoisotopic (exact) mass is 244 g/mol. The molecule has 0 aliphatic heterocycles. The Balaban J connectivity index is 1.98. The molecule has 0 bridgehead atoms. The molecule has 0 radical (unpaired) electrons. The molecule has 1 heterocycles. The minimum atomic E-state index is 0.319. The minimum absolute atomic E-state index is 0.319. The summed E-state index contributed by atoms with van der Waals surface area (Å²) in [5.41, 5.74) is 7.27. The normalized spacial score (nSPS) is 18.0. The first kappa shape index (κ1) is 12.8. The lowest BCUT2D eigenvalue weighted by Gasteiger charge is -2.30. The number of nitrogens with one attached hydrogen (secondary N) is 1. The molecule has 4 nitrogen and oxygen atoms in total. The summed E-state index contributed by atoms with van der Waals surface area (Å²) < 4.78 is 0. The number of hydrogen-bond acceptors (Lipinski definition) is 4. The summed E-state index contributed by atoms with van der Waals surface area (Å²) in [6.45, 7) is 0.644. The molecule has 1 saturated carbocycles. The molecule has 1 aromatic heterocycles. The van der Waals surface area contributed by atoms with Gasteiger partial charge in [-0.15, -0.1) is 0 Å². The van der Waals surface area contributed by atoms with Crippen LogP contribution in [0.5, 0.6) is 0 Å². The Hall–Kier alpha value is -1.60. The molecule has 96 valence electrons. The summed E-state index contributed by atoms with van der Waals surface area (Å²) >= 11 is 0. The van der Waals surface area contributed by atoms with Crippen molar-refractivity contribution in [1.29, 1.82) is 5.26 Å². The molecule has 1 aliphatic rings. The highest BCUT2D eigenvalue weighted by Gasteiger charge is 2.22. The lowest BCUT2D eigenvalue weighted by atomic mass is 9.84. The zero-order valence-electron chi connectivity index (χ0n) is 10.6. The molecule has 0 spiro atoms. The van der Waals surface area contributed by atoms with Crippen LogP contribution in [0.3, 0.4) is 0 Å². The summed E-state index contributed by atoms with van der Waals surface area (Å²) in [6, 6.07) is 5.97. The number of nitrogens with zero attached hydrogens (tertiary/aromatic N) is 2. The van der Waals surface area contributed by atoms with Gasteiger partial charge < -0.3 is 11.1 Å². The van der Waals surface area contributed by atoms with E-state index in [4.69, 9.17) is 11.0 Å². The van der Waals surface area contributed by atoms with E-state index in [9.17, 15) is 0 Å². The summed E-state index contributed by atoms with van der Waals surface area (Å²) in [7, 11) is 0. The molecule has 4 heteroatoms. The van der Waals surface area contributed by atoms with Crippen molar-refractivity contribution in [2.75, 3.05) is 11.9 Å².